The van der Waals surface area contributed by atoms with Crippen LogP contribution in [0.2, 0.25) is 0 Å². The SMILES string of the molecule is CCCCOc1nc(N)c2nc(O)n(Cc3cc(C(=O)O)c(C(=O)O)cc3C)c2n1. The van der Waals surface area contributed by atoms with Gasteiger partial charge in [0.15, 0.2) is 17.0 Å². The van der Waals surface area contributed by atoms with E-state index in [0.717, 1.165) is 12.8 Å². The highest BCUT2D eigenvalue weighted by Crippen LogP contribution is 2.27. The van der Waals surface area contributed by atoms with Gasteiger partial charge in [-0.1, -0.05) is 13.3 Å². The number of hydrogen-bond acceptors (Lipinski definition) is 8. The third-order valence-corrected chi connectivity index (χ3v) is 4.58. The summed E-state index contributed by atoms with van der Waals surface area (Å²) < 4.78 is 6.83. The van der Waals surface area contributed by atoms with Gasteiger partial charge in [0.25, 0.3) is 6.01 Å². The summed E-state index contributed by atoms with van der Waals surface area (Å²) in [5.74, 6) is -2.68. The Kier molecular flexibility index (Phi) is 5.72. The Hall–Kier alpha value is -3.89. The molecule has 0 saturated heterocycles. The van der Waals surface area contributed by atoms with E-state index in [9.17, 15) is 24.9 Å². The van der Waals surface area contributed by atoms with Crippen LogP contribution < -0.4 is 10.5 Å². The smallest absolute Gasteiger partial charge is 0.336 e. The van der Waals surface area contributed by atoms with E-state index in [2.05, 4.69) is 15.0 Å². The fourth-order valence-electron chi connectivity index (χ4n) is 2.95. The molecule has 0 spiro atoms. The first-order chi connectivity index (χ1) is 14.2. The number of aromatic nitrogens is 4. The minimum absolute atomic E-state index is 0.0147. The maximum Gasteiger partial charge on any atom is 0.336 e. The van der Waals surface area contributed by atoms with Crippen LogP contribution in [0.4, 0.5) is 5.82 Å². The van der Waals surface area contributed by atoms with Gasteiger partial charge in [0.1, 0.15) is 0 Å². The van der Waals surface area contributed by atoms with Crippen molar-refractivity contribution in [2.24, 2.45) is 0 Å². The zero-order valence-electron chi connectivity index (χ0n) is 16.4. The van der Waals surface area contributed by atoms with Gasteiger partial charge >= 0.3 is 17.9 Å². The number of fused-ring (bicyclic) bond motifs is 1. The third kappa shape index (κ3) is 3.95. The normalized spacial score (nSPS) is 11.0. The molecule has 3 aromatic rings. The molecular weight excluding hydrogens is 394 g/mol. The van der Waals surface area contributed by atoms with Crippen molar-refractivity contribution in [3.05, 3.63) is 34.4 Å². The van der Waals surface area contributed by atoms with Gasteiger partial charge < -0.3 is 25.8 Å². The molecule has 0 aliphatic carbocycles. The molecule has 0 fully saturated rings. The first kappa shape index (κ1) is 20.8. The van der Waals surface area contributed by atoms with E-state index >= 15 is 0 Å². The average Bonchev–Trinajstić information content (AvgIpc) is 2.99. The lowest BCUT2D eigenvalue weighted by Crippen LogP contribution is -2.12. The maximum atomic E-state index is 11.5. The number of unbranched alkanes of at least 4 members (excludes halogenated alkanes) is 1. The monoisotopic (exact) mass is 415 g/mol. The van der Waals surface area contributed by atoms with Crippen molar-refractivity contribution in [2.45, 2.75) is 33.2 Å². The van der Waals surface area contributed by atoms with Gasteiger partial charge in [0, 0.05) is 0 Å². The average molecular weight is 415 g/mol. The number of nitrogen functional groups attached to an aromatic ring is 1. The predicted molar refractivity (Wildman–Crippen MR) is 106 cm³/mol. The number of carboxylic acids is 2. The zero-order chi connectivity index (χ0) is 22.0. The molecule has 5 N–H and O–H groups in total. The van der Waals surface area contributed by atoms with Gasteiger partial charge in [-0.15, -0.1) is 0 Å². The quantitative estimate of drug-likeness (QED) is 0.399. The summed E-state index contributed by atoms with van der Waals surface area (Å²) in [7, 11) is 0. The summed E-state index contributed by atoms with van der Waals surface area (Å²) in [6, 6.07) is 2.18. The second kappa shape index (κ2) is 8.23. The Morgan fingerprint density at radius 2 is 1.80 bits per heavy atom. The number of aromatic hydroxyl groups is 1. The number of nitrogens with zero attached hydrogens (tertiary/aromatic N) is 4. The van der Waals surface area contributed by atoms with E-state index in [1.54, 1.807) is 6.92 Å². The van der Waals surface area contributed by atoms with Crippen molar-refractivity contribution in [2.75, 3.05) is 12.3 Å². The third-order valence-electron chi connectivity index (χ3n) is 4.58. The second-order valence-corrected chi connectivity index (χ2v) is 6.70. The first-order valence-electron chi connectivity index (χ1n) is 9.18. The Balaban J connectivity index is 2.07. The van der Waals surface area contributed by atoms with Crippen LogP contribution in [0.1, 0.15) is 51.6 Å². The molecule has 0 atom stereocenters. The van der Waals surface area contributed by atoms with E-state index in [1.165, 1.54) is 16.7 Å². The minimum atomic E-state index is -1.37. The molecule has 1 aromatic carbocycles. The van der Waals surface area contributed by atoms with Crippen molar-refractivity contribution in [3.8, 4) is 12.0 Å². The van der Waals surface area contributed by atoms with Gasteiger partial charge in [-0.05, 0) is 36.6 Å². The van der Waals surface area contributed by atoms with Crippen LogP contribution in [-0.2, 0) is 6.54 Å². The van der Waals surface area contributed by atoms with Gasteiger partial charge in [-0.3, -0.25) is 4.57 Å². The number of ether oxygens (including phenoxy) is 1. The first-order valence-corrected chi connectivity index (χ1v) is 9.18. The van der Waals surface area contributed by atoms with Crippen LogP contribution in [0, 0.1) is 6.92 Å². The van der Waals surface area contributed by atoms with Crippen molar-refractivity contribution >= 4 is 28.9 Å². The number of rotatable bonds is 8. The summed E-state index contributed by atoms with van der Waals surface area (Å²) in [5, 5.41) is 28.9. The van der Waals surface area contributed by atoms with Gasteiger partial charge in [-0.25, -0.2) is 9.59 Å². The molecule has 0 unspecified atom stereocenters. The van der Waals surface area contributed by atoms with Gasteiger partial charge in [0.2, 0.25) is 0 Å². The van der Waals surface area contributed by atoms with Crippen LogP contribution in [0.5, 0.6) is 12.0 Å². The Morgan fingerprint density at radius 3 is 2.43 bits per heavy atom. The van der Waals surface area contributed by atoms with E-state index < -0.39 is 17.9 Å². The second-order valence-electron chi connectivity index (χ2n) is 6.70. The summed E-state index contributed by atoms with van der Waals surface area (Å²) >= 11 is 0. The van der Waals surface area contributed by atoms with E-state index in [0.29, 0.717) is 17.7 Å². The summed E-state index contributed by atoms with van der Waals surface area (Å²) in [4.78, 5) is 35.1. The summed E-state index contributed by atoms with van der Waals surface area (Å²) in [6.07, 6.45) is 1.73. The minimum Gasteiger partial charge on any atom is -0.480 e. The Labute approximate surface area is 170 Å². The topological polar surface area (TPSA) is 174 Å². The van der Waals surface area contributed by atoms with Crippen LogP contribution >= 0.6 is 0 Å². The van der Waals surface area contributed by atoms with Gasteiger partial charge in [0.05, 0.1) is 24.3 Å². The molecule has 0 aliphatic heterocycles. The summed E-state index contributed by atoms with van der Waals surface area (Å²) in [6.45, 7) is 4.04. The lowest BCUT2D eigenvalue weighted by Gasteiger charge is -2.12. The molecule has 0 bridgehead atoms. The molecule has 158 valence electrons. The Morgan fingerprint density at radius 1 is 1.13 bits per heavy atom. The summed E-state index contributed by atoms with van der Waals surface area (Å²) in [5.41, 5.74) is 6.63. The molecule has 0 radical (unpaired) electrons. The number of nitrogens with two attached hydrogens (primary N) is 1. The van der Waals surface area contributed by atoms with E-state index in [1.807, 2.05) is 6.92 Å². The highest BCUT2D eigenvalue weighted by Gasteiger charge is 2.21. The van der Waals surface area contributed by atoms with Crippen LogP contribution in [0.3, 0.4) is 0 Å². The lowest BCUT2D eigenvalue weighted by molar-refractivity contribution is 0.0651. The molecule has 30 heavy (non-hydrogen) atoms. The van der Waals surface area contributed by atoms with Crippen LogP contribution in [-0.4, -0.2) is 53.4 Å². The number of aromatic carboxylic acids is 2. The highest BCUT2D eigenvalue weighted by molar-refractivity contribution is 6.02. The number of anilines is 1. The molecule has 3 rings (SSSR count). The van der Waals surface area contributed by atoms with E-state index in [-0.39, 0.29) is 40.7 Å². The molecule has 2 aromatic heterocycles. The van der Waals surface area contributed by atoms with Crippen molar-refractivity contribution in [1.82, 2.24) is 19.5 Å². The van der Waals surface area contributed by atoms with Crippen molar-refractivity contribution < 1.29 is 29.6 Å². The molecule has 11 heteroatoms. The molecule has 0 aliphatic rings. The number of benzene rings is 1. The zero-order valence-corrected chi connectivity index (χ0v) is 16.4. The predicted octanol–water partition coefficient (Wildman–Crippen LogP) is 2.05. The number of aryl methyl sites for hydroxylation is 1. The van der Waals surface area contributed by atoms with Crippen LogP contribution in [0.25, 0.3) is 11.2 Å². The molecule has 0 amide bonds. The lowest BCUT2D eigenvalue weighted by atomic mass is 9.99. The standard InChI is InChI=1S/C19H21N5O6/c1-3-4-5-30-18-22-14(20)13-15(23-18)24(19(29)21-13)8-10-7-12(17(27)28)11(16(25)26)6-9(10)2/h6-7H,3-5,8H2,1-2H3,(H,21,29)(H,25,26)(H,27,28)(H2,20,22,23). The molecular formula is C19H21N5O6. The fourth-order valence-corrected chi connectivity index (χ4v) is 2.95. The number of hydrogen-bond donors (Lipinski definition) is 4. The van der Waals surface area contributed by atoms with Crippen LogP contribution in [0.15, 0.2) is 12.1 Å². The number of carbonyl (C=O) groups is 2. The van der Waals surface area contributed by atoms with Crippen molar-refractivity contribution in [1.29, 1.82) is 0 Å². The molecule has 11 nitrogen and oxygen atoms in total. The Bertz CT molecular complexity index is 1140. The highest BCUT2D eigenvalue weighted by atomic mass is 16.5. The maximum absolute atomic E-state index is 11.5. The van der Waals surface area contributed by atoms with E-state index in [4.69, 9.17) is 10.5 Å². The number of carboxylic acid groups (broad SMARTS) is 2. The molecule has 0 saturated carbocycles. The fraction of sp³-hybridized carbons (Fsp3) is 0.316. The number of imidazole rings is 1. The largest absolute Gasteiger partial charge is 0.480 e. The van der Waals surface area contributed by atoms with Gasteiger partial charge in [-0.2, -0.15) is 15.0 Å². The molecule has 2 heterocycles. The van der Waals surface area contributed by atoms with Crippen molar-refractivity contribution in [3.63, 3.8) is 0 Å².